The van der Waals surface area contributed by atoms with Crippen molar-refractivity contribution in [2.45, 2.75) is 90.3 Å². The normalized spacial score (nSPS) is 15.3. The molecule has 3 amide bonds. The van der Waals surface area contributed by atoms with Crippen molar-refractivity contribution < 1.29 is 18.9 Å². The quantitative estimate of drug-likeness (QED) is 0.527. The molecule has 9 nitrogen and oxygen atoms in total. The molecule has 1 fully saturated rings. The number of amides is 3. The average molecular weight is 484 g/mol. The van der Waals surface area contributed by atoms with Crippen molar-refractivity contribution in [3.8, 4) is 0 Å². The lowest BCUT2D eigenvalue weighted by molar-refractivity contribution is -0.122. The number of hydrogen-bond acceptors (Lipinski definition) is 6. The van der Waals surface area contributed by atoms with Gasteiger partial charge >= 0.3 is 0 Å². The van der Waals surface area contributed by atoms with Crippen LogP contribution in [0.4, 0.5) is 0 Å². The number of rotatable bonds is 9. The summed E-state index contributed by atoms with van der Waals surface area (Å²) < 4.78 is 5.42. The Hall–Kier alpha value is -3.23. The molecule has 0 aliphatic heterocycles. The molecule has 0 radical (unpaired) electrons. The Labute approximate surface area is 207 Å². The zero-order valence-electron chi connectivity index (χ0n) is 21.2. The van der Waals surface area contributed by atoms with Crippen LogP contribution in [0.1, 0.15) is 93.4 Å². The number of nitrogens with one attached hydrogen (secondary N) is 2. The molecule has 0 unspecified atom stereocenters. The van der Waals surface area contributed by atoms with Crippen molar-refractivity contribution in [2.24, 2.45) is 0 Å². The van der Waals surface area contributed by atoms with Crippen molar-refractivity contribution in [1.82, 2.24) is 25.7 Å². The molecular formula is C26H37N5O4. The standard InChI is InChI=1S/C26H37N5O4/c1-18(2)31(4)24(34)21-11-9-20(10-12-21)17-27-22(33)13-14-23-28-25(30-35-23)26(29-19(3)32)15-7-5-6-8-16-26/h9-12,18H,5-8,13-17H2,1-4H3,(H,27,33)(H,29,32). The van der Waals surface area contributed by atoms with E-state index >= 15 is 0 Å². The predicted molar refractivity (Wildman–Crippen MR) is 131 cm³/mol. The van der Waals surface area contributed by atoms with E-state index in [1.165, 1.54) is 6.92 Å². The van der Waals surface area contributed by atoms with Gasteiger partial charge in [-0.05, 0) is 44.4 Å². The summed E-state index contributed by atoms with van der Waals surface area (Å²) in [5.41, 5.74) is 0.936. The van der Waals surface area contributed by atoms with Gasteiger partial charge in [-0.3, -0.25) is 14.4 Å². The second-order valence-electron chi connectivity index (χ2n) is 9.67. The van der Waals surface area contributed by atoms with Gasteiger partial charge in [0.1, 0.15) is 5.54 Å². The number of aromatic nitrogens is 2. The smallest absolute Gasteiger partial charge is 0.253 e. The molecule has 1 aliphatic rings. The van der Waals surface area contributed by atoms with Crippen LogP contribution in [-0.4, -0.2) is 45.9 Å². The summed E-state index contributed by atoms with van der Waals surface area (Å²) in [6, 6.07) is 7.38. The summed E-state index contributed by atoms with van der Waals surface area (Å²) in [5.74, 6) is 0.625. The minimum Gasteiger partial charge on any atom is -0.352 e. The van der Waals surface area contributed by atoms with Crippen LogP contribution < -0.4 is 10.6 Å². The monoisotopic (exact) mass is 483 g/mol. The molecule has 0 atom stereocenters. The molecule has 2 N–H and O–H groups in total. The highest BCUT2D eigenvalue weighted by molar-refractivity contribution is 5.94. The third-order valence-corrected chi connectivity index (χ3v) is 6.62. The molecule has 9 heteroatoms. The van der Waals surface area contributed by atoms with Gasteiger partial charge in [0.2, 0.25) is 17.7 Å². The molecule has 35 heavy (non-hydrogen) atoms. The van der Waals surface area contributed by atoms with Gasteiger partial charge in [-0.2, -0.15) is 4.98 Å². The summed E-state index contributed by atoms with van der Waals surface area (Å²) in [6.07, 6.45) is 6.34. The van der Waals surface area contributed by atoms with Crippen LogP contribution >= 0.6 is 0 Å². The van der Waals surface area contributed by atoms with Crippen molar-refractivity contribution in [3.63, 3.8) is 0 Å². The maximum atomic E-state index is 12.4. The first kappa shape index (κ1) is 26.4. The largest absolute Gasteiger partial charge is 0.352 e. The minimum absolute atomic E-state index is 0.0290. The summed E-state index contributed by atoms with van der Waals surface area (Å²) >= 11 is 0. The molecular weight excluding hydrogens is 446 g/mol. The fourth-order valence-electron chi connectivity index (χ4n) is 4.34. The lowest BCUT2D eigenvalue weighted by Crippen LogP contribution is -2.45. The summed E-state index contributed by atoms with van der Waals surface area (Å²) in [5, 5.41) is 10.1. The van der Waals surface area contributed by atoms with Crippen LogP contribution in [0.2, 0.25) is 0 Å². The van der Waals surface area contributed by atoms with E-state index in [1.54, 1.807) is 24.1 Å². The third kappa shape index (κ3) is 7.13. The van der Waals surface area contributed by atoms with Gasteiger partial charge in [0.15, 0.2) is 5.82 Å². The molecule has 0 bridgehead atoms. The van der Waals surface area contributed by atoms with Crippen molar-refractivity contribution >= 4 is 17.7 Å². The van der Waals surface area contributed by atoms with Crippen LogP contribution in [0.5, 0.6) is 0 Å². The van der Waals surface area contributed by atoms with Gasteiger partial charge in [0.25, 0.3) is 5.91 Å². The first-order chi connectivity index (χ1) is 16.7. The first-order valence-electron chi connectivity index (χ1n) is 12.4. The van der Waals surface area contributed by atoms with Gasteiger partial charge < -0.3 is 20.1 Å². The number of carbonyl (C=O) groups excluding carboxylic acids is 3. The highest BCUT2D eigenvalue weighted by Crippen LogP contribution is 2.34. The first-order valence-corrected chi connectivity index (χ1v) is 12.4. The Kier molecular flexibility index (Phi) is 9.01. The third-order valence-electron chi connectivity index (χ3n) is 6.62. The Balaban J connectivity index is 1.51. The van der Waals surface area contributed by atoms with E-state index in [1.807, 2.05) is 26.0 Å². The lowest BCUT2D eigenvalue weighted by atomic mass is 9.89. The highest BCUT2D eigenvalue weighted by Gasteiger charge is 2.38. The molecule has 2 aromatic rings. The van der Waals surface area contributed by atoms with E-state index in [9.17, 15) is 14.4 Å². The Bertz CT molecular complexity index is 1010. The Morgan fingerprint density at radius 1 is 1.09 bits per heavy atom. The van der Waals surface area contributed by atoms with E-state index in [2.05, 4.69) is 20.8 Å². The predicted octanol–water partition coefficient (Wildman–Crippen LogP) is 3.48. The van der Waals surface area contributed by atoms with Crippen LogP contribution in [0.25, 0.3) is 0 Å². The zero-order valence-corrected chi connectivity index (χ0v) is 21.2. The molecule has 3 rings (SSSR count). The van der Waals surface area contributed by atoms with E-state index in [0.29, 0.717) is 30.2 Å². The molecule has 1 saturated carbocycles. The van der Waals surface area contributed by atoms with Gasteiger partial charge in [0.05, 0.1) is 0 Å². The van der Waals surface area contributed by atoms with Gasteiger partial charge in [-0.1, -0.05) is 43.0 Å². The SMILES string of the molecule is CC(=O)NC1(c2noc(CCC(=O)NCc3ccc(C(=O)N(C)C(C)C)cc3)n2)CCCCCC1. The van der Waals surface area contributed by atoms with Gasteiger partial charge in [-0.25, -0.2) is 0 Å². The fourth-order valence-corrected chi connectivity index (χ4v) is 4.34. The molecule has 0 spiro atoms. The second kappa shape index (κ2) is 12.0. The Morgan fingerprint density at radius 3 is 2.34 bits per heavy atom. The summed E-state index contributed by atoms with van der Waals surface area (Å²) in [4.78, 5) is 42.8. The van der Waals surface area contributed by atoms with Gasteiger partial charge in [0, 0.05) is 45.0 Å². The van der Waals surface area contributed by atoms with Crippen molar-refractivity contribution in [1.29, 1.82) is 0 Å². The molecule has 1 aromatic heterocycles. The zero-order chi connectivity index (χ0) is 25.4. The highest BCUT2D eigenvalue weighted by atomic mass is 16.5. The minimum atomic E-state index is -0.593. The molecule has 0 saturated heterocycles. The maximum Gasteiger partial charge on any atom is 0.253 e. The van der Waals surface area contributed by atoms with Crippen molar-refractivity contribution in [3.05, 3.63) is 47.1 Å². The number of aryl methyl sites for hydroxylation is 1. The second-order valence-corrected chi connectivity index (χ2v) is 9.67. The van der Waals surface area contributed by atoms with E-state index in [4.69, 9.17) is 4.52 Å². The Morgan fingerprint density at radius 2 is 1.74 bits per heavy atom. The lowest BCUT2D eigenvalue weighted by Gasteiger charge is -2.30. The van der Waals surface area contributed by atoms with Crippen LogP contribution in [0.15, 0.2) is 28.8 Å². The van der Waals surface area contributed by atoms with E-state index in [0.717, 1.165) is 44.1 Å². The topological polar surface area (TPSA) is 117 Å². The summed E-state index contributed by atoms with van der Waals surface area (Å²) in [7, 11) is 1.78. The number of nitrogens with zero attached hydrogens (tertiary/aromatic N) is 3. The van der Waals surface area contributed by atoms with Crippen LogP contribution in [0.3, 0.4) is 0 Å². The van der Waals surface area contributed by atoms with Gasteiger partial charge in [-0.15, -0.1) is 0 Å². The maximum absolute atomic E-state index is 12.4. The number of benzene rings is 1. The average Bonchev–Trinajstić information content (AvgIpc) is 3.20. The fraction of sp³-hybridized carbons (Fsp3) is 0.577. The van der Waals surface area contributed by atoms with Crippen molar-refractivity contribution in [2.75, 3.05) is 7.05 Å². The summed E-state index contributed by atoms with van der Waals surface area (Å²) in [6.45, 7) is 5.81. The molecule has 1 aromatic carbocycles. The van der Waals surface area contributed by atoms with E-state index < -0.39 is 5.54 Å². The van der Waals surface area contributed by atoms with Crippen LogP contribution in [0, 0.1) is 0 Å². The molecule has 1 aliphatic carbocycles. The molecule has 1 heterocycles. The number of hydrogen-bond donors (Lipinski definition) is 2. The van der Waals surface area contributed by atoms with Crippen LogP contribution in [-0.2, 0) is 28.1 Å². The molecule has 190 valence electrons. The van der Waals surface area contributed by atoms with E-state index in [-0.39, 0.29) is 30.2 Å². The number of carbonyl (C=O) groups is 3.